The zero-order valence-electron chi connectivity index (χ0n) is 12.9. The van der Waals surface area contributed by atoms with Crippen LogP contribution in [0.25, 0.3) is 0 Å². The van der Waals surface area contributed by atoms with Crippen molar-refractivity contribution in [3.63, 3.8) is 0 Å². The van der Waals surface area contributed by atoms with Crippen molar-refractivity contribution in [1.82, 2.24) is 25.0 Å². The number of nitrogens with one attached hydrogen (secondary N) is 1. The summed E-state index contributed by atoms with van der Waals surface area (Å²) in [7, 11) is 0. The van der Waals surface area contributed by atoms with Crippen molar-refractivity contribution in [3.8, 4) is 0 Å². The van der Waals surface area contributed by atoms with Gasteiger partial charge in [-0.25, -0.2) is 9.67 Å². The van der Waals surface area contributed by atoms with Crippen LogP contribution in [-0.2, 0) is 11.3 Å². The van der Waals surface area contributed by atoms with Crippen LogP contribution in [0.4, 0.5) is 5.69 Å². The van der Waals surface area contributed by atoms with E-state index in [2.05, 4.69) is 25.6 Å². The van der Waals surface area contributed by atoms with Crippen molar-refractivity contribution in [1.29, 1.82) is 0 Å². The molecule has 1 unspecified atom stereocenters. The van der Waals surface area contributed by atoms with Crippen LogP contribution in [0, 0.1) is 0 Å². The summed E-state index contributed by atoms with van der Waals surface area (Å²) < 4.78 is 7.05. The van der Waals surface area contributed by atoms with Crippen molar-refractivity contribution >= 4 is 46.6 Å². The van der Waals surface area contributed by atoms with Gasteiger partial charge in [0, 0.05) is 5.69 Å². The normalized spacial score (nSPS) is 12.1. The van der Waals surface area contributed by atoms with Crippen LogP contribution < -0.4 is 5.32 Å². The largest absolute Gasteiger partial charge is 0.414 e. The maximum absolute atomic E-state index is 12.3. The molecule has 3 aromatic rings. The predicted octanol–water partition coefficient (Wildman–Crippen LogP) is 3.14. The molecule has 8 nitrogen and oxygen atoms in total. The summed E-state index contributed by atoms with van der Waals surface area (Å²) in [6.45, 7) is 2.05. The molecule has 0 bridgehead atoms. The SMILES string of the molecule is CC(Sc1nnc(Cn2cncn2)o1)C(=O)Nc1ccc(Cl)c(Cl)c1. The zero-order chi connectivity index (χ0) is 17.8. The summed E-state index contributed by atoms with van der Waals surface area (Å²) in [5, 5.41) is 15.2. The molecule has 0 aliphatic carbocycles. The second kappa shape index (κ2) is 7.85. The monoisotopic (exact) mass is 398 g/mol. The number of aromatic nitrogens is 5. The molecule has 2 heterocycles. The van der Waals surface area contributed by atoms with Gasteiger partial charge in [0.2, 0.25) is 11.8 Å². The minimum atomic E-state index is -0.450. The first-order chi connectivity index (χ1) is 12.0. The number of thioether (sulfide) groups is 1. The van der Waals surface area contributed by atoms with Gasteiger partial charge in [-0.15, -0.1) is 10.2 Å². The third-order valence-corrected chi connectivity index (χ3v) is 4.72. The van der Waals surface area contributed by atoms with Crippen molar-refractivity contribution in [3.05, 3.63) is 46.8 Å². The van der Waals surface area contributed by atoms with Crippen LogP contribution in [0.3, 0.4) is 0 Å². The Kier molecular flexibility index (Phi) is 5.57. The van der Waals surface area contributed by atoms with E-state index in [-0.39, 0.29) is 5.91 Å². The van der Waals surface area contributed by atoms with Crippen LogP contribution >= 0.6 is 35.0 Å². The Morgan fingerprint density at radius 1 is 1.36 bits per heavy atom. The summed E-state index contributed by atoms with van der Waals surface area (Å²) in [5.41, 5.74) is 0.559. The number of amides is 1. The molecule has 1 atom stereocenters. The Balaban J connectivity index is 1.57. The average molecular weight is 399 g/mol. The molecular weight excluding hydrogens is 387 g/mol. The second-order valence-electron chi connectivity index (χ2n) is 4.93. The lowest BCUT2D eigenvalue weighted by Crippen LogP contribution is -2.22. The Hall–Kier alpha value is -2.10. The summed E-state index contributed by atoms with van der Waals surface area (Å²) in [6, 6.07) is 4.88. The van der Waals surface area contributed by atoms with Crippen LogP contribution in [0.2, 0.25) is 10.0 Å². The highest BCUT2D eigenvalue weighted by Gasteiger charge is 2.19. The molecule has 1 N–H and O–H groups in total. The minimum absolute atomic E-state index is 0.223. The van der Waals surface area contributed by atoms with E-state index < -0.39 is 5.25 Å². The predicted molar refractivity (Wildman–Crippen MR) is 93.8 cm³/mol. The highest BCUT2D eigenvalue weighted by molar-refractivity contribution is 8.00. The molecule has 25 heavy (non-hydrogen) atoms. The zero-order valence-corrected chi connectivity index (χ0v) is 15.2. The number of nitrogens with zero attached hydrogens (tertiary/aromatic N) is 5. The molecule has 130 valence electrons. The van der Waals surface area contributed by atoms with E-state index in [0.717, 1.165) is 11.8 Å². The van der Waals surface area contributed by atoms with E-state index in [4.69, 9.17) is 27.6 Å². The third kappa shape index (κ3) is 4.71. The number of hydrogen-bond acceptors (Lipinski definition) is 7. The van der Waals surface area contributed by atoms with Crippen LogP contribution in [0.15, 0.2) is 40.5 Å². The van der Waals surface area contributed by atoms with Crippen molar-refractivity contribution in [2.45, 2.75) is 23.9 Å². The third-order valence-electron chi connectivity index (χ3n) is 3.05. The molecule has 0 saturated carbocycles. The molecule has 2 aromatic heterocycles. The molecule has 1 aromatic carbocycles. The van der Waals surface area contributed by atoms with Gasteiger partial charge in [0.25, 0.3) is 5.22 Å². The Labute approximate surface area is 156 Å². The first-order valence-electron chi connectivity index (χ1n) is 7.08. The number of halogens is 2. The number of hydrogen-bond donors (Lipinski definition) is 1. The summed E-state index contributed by atoms with van der Waals surface area (Å²) >= 11 is 12.9. The van der Waals surface area contributed by atoms with Gasteiger partial charge in [0.1, 0.15) is 19.2 Å². The quantitative estimate of drug-likeness (QED) is 0.636. The molecule has 0 saturated heterocycles. The molecule has 11 heteroatoms. The lowest BCUT2D eigenvalue weighted by Gasteiger charge is -2.10. The number of carbonyl (C=O) groups is 1. The van der Waals surface area contributed by atoms with Gasteiger partial charge in [-0.1, -0.05) is 35.0 Å². The van der Waals surface area contributed by atoms with Gasteiger partial charge in [-0.2, -0.15) is 5.10 Å². The average Bonchev–Trinajstić information content (AvgIpc) is 3.23. The van der Waals surface area contributed by atoms with Crippen molar-refractivity contribution in [2.24, 2.45) is 0 Å². The van der Waals surface area contributed by atoms with Gasteiger partial charge in [0.15, 0.2) is 0 Å². The van der Waals surface area contributed by atoms with Crippen LogP contribution in [0.1, 0.15) is 12.8 Å². The van der Waals surface area contributed by atoms with Crippen molar-refractivity contribution in [2.75, 3.05) is 5.32 Å². The van der Waals surface area contributed by atoms with Crippen LogP contribution in [-0.4, -0.2) is 36.1 Å². The number of anilines is 1. The molecule has 0 fully saturated rings. The number of rotatable bonds is 6. The summed E-state index contributed by atoms with van der Waals surface area (Å²) in [4.78, 5) is 16.1. The highest BCUT2D eigenvalue weighted by Crippen LogP contribution is 2.27. The standard InChI is InChI=1S/C14H12Cl2N6O2S/c1-8(13(23)19-9-2-3-10(15)11(16)4-9)25-14-21-20-12(24-14)5-22-7-17-6-18-22/h2-4,6-8H,5H2,1H3,(H,19,23). The van der Waals surface area contributed by atoms with E-state index in [9.17, 15) is 4.79 Å². The lowest BCUT2D eigenvalue weighted by molar-refractivity contribution is -0.115. The Morgan fingerprint density at radius 2 is 2.20 bits per heavy atom. The summed E-state index contributed by atoms with van der Waals surface area (Å²) in [5.74, 6) is 0.157. The van der Waals surface area contributed by atoms with Gasteiger partial charge in [0.05, 0.1) is 15.3 Å². The van der Waals surface area contributed by atoms with Crippen molar-refractivity contribution < 1.29 is 9.21 Å². The fourth-order valence-electron chi connectivity index (χ4n) is 1.83. The molecule has 0 radical (unpaired) electrons. The molecule has 3 rings (SSSR count). The molecule has 0 spiro atoms. The van der Waals surface area contributed by atoms with Gasteiger partial charge >= 0.3 is 0 Å². The first-order valence-corrected chi connectivity index (χ1v) is 8.72. The molecule has 0 aliphatic rings. The Bertz CT molecular complexity index is 870. The maximum atomic E-state index is 12.3. The van der Waals surface area contributed by atoms with Gasteiger partial charge in [-0.3, -0.25) is 4.79 Å². The fourth-order valence-corrected chi connectivity index (χ4v) is 2.82. The van der Waals surface area contributed by atoms with E-state index in [1.54, 1.807) is 36.1 Å². The van der Waals surface area contributed by atoms with Gasteiger partial charge < -0.3 is 9.73 Å². The van der Waals surface area contributed by atoms with E-state index in [0.29, 0.717) is 33.4 Å². The minimum Gasteiger partial charge on any atom is -0.414 e. The second-order valence-corrected chi connectivity index (χ2v) is 7.04. The van der Waals surface area contributed by atoms with Gasteiger partial charge in [-0.05, 0) is 25.1 Å². The topological polar surface area (TPSA) is 98.7 Å². The Morgan fingerprint density at radius 3 is 2.92 bits per heavy atom. The summed E-state index contributed by atoms with van der Waals surface area (Å²) in [6.07, 6.45) is 2.96. The smallest absolute Gasteiger partial charge is 0.277 e. The maximum Gasteiger partial charge on any atom is 0.277 e. The number of benzene rings is 1. The number of carbonyl (C=O) groups excluding carboxylic acids is 1. The molecule has 1 amide bonds. The van der Waals surface area contributed by atoms with E-state index >= 15 is 0 Å². The highest BCUT2D eigenvalue weighted by atomic mass is 35.5. The molecular formula is C14H12Cl2N6O2S. The van der Waals surface area contributed by atoms with E-state index in [1.807, 2.05) is 0 Å². The first kappa shape index (κ1) is 17.7. The molecule has 0 aliphatic heterocycles. The van der Waals surface area contributed by atoms with E-state index in [1.165, 1.54) is 6.33 Å². The van der Waals surface area contributed by atoms with Crippen LogP contribution in [0.5, 0.6) is 0 Å². The fraction of sp³-hybridized carbons (Fsp3) is 0.214. The lowest BCUT2D eigenvalue weighted by atomic mass is 10.3.